The largest absolute Gasteiger partial charge is 0.123 e. The fourth-order valence-corrected chi connectivity index (χ4v) is 0.689. The lowest BCUT2D eigenvalue weighted by molar-refractivity contribution is 0.552. The van der Waals surface area contributed by atoms with E-state index in [1.165, 1.54) is 6.42 Å². The van der Waals surface area contributed by atoms with Crippen molar-refractivity contribution in [3.63, 3.8) is 0 Å². The Balaban J connectivity index is 2.93. The summed E-state index contributed by atoms with van der Waals surface area (Å²) in [6.07, 6.45) is 2.41. The van der Waals surface area contributed by atoms with Gasteiger partial charge in [-0.3, -0.25) is 0 Å². The molecule has 0 aromatic rings. The van der Waals surface area contributed by atoms with E-state index in [1.807, 2.05) is 6.92 Å². The van der Waals surface area contributed by atoms with Crippen molar-refractivity contribution in [3.05, 3.63) is 0 Å². The van der Waals surface area contributed by atoms with E-state index in [4.69, 9.17) is 11.6 Å². The van der Waals surface area contributed by atoms with Crippen LogP contribution in [0.25, 0.3) is 0 Å². The minimum atomic E-state index is 0.359. The van der Waals surface area contributed by atoms with Gasteiger partial charge >= 0.3 is 0 Å². The Labute approximate surface area is 57.2 Å². The quantitative estimate of drug-likeness (QED) is 0.521. The molecule has 1 heteroatoms. The van der Waals surface area contributed by atoms with Gasteiger partial charge in [-0.25, -0.2) is 0 Å². The molecule has 0 radical (unpaired) electrons. The first-order chi connectivity index (χ1) is 3.63. The van der Waals surface area contributed by atoms with Crippen LogP contribution in [0.15, 0.2) is 0 Å². The summed E-state index contributed by atoms with van der Waals surface area (Å²) >= 11 is 5.72. The van der Waals surface area contributed by atoms with Gasteiger partial charge in [-0.1, -0.05) is 13.8 Å². The zero-order valence-corrected chi connectivity index (χ0v) is 6.70. The van der Waals surface area contributed by atoms with Crippen molar-refractivity contribution in [2.24, 2.45) is 5.92 Å². The summed E-state index contributed by atoms with van der Waals surface area (Å²) < 4.78 is 0. The molecule has 0 aliphatic rings. The second kappa shape index (κ2) is 4.20. The number of alkyl halides is 1. The molecule has 0 bridgehead atoms. The highest BCUT2D eigenvalue weighted by atomic mass is 35.5. The van der Waals surface area contributed by atoms with Crippen LogP contribution in [0, 0.1) is 5.92 Å². The van der Waals surface area contributed by atoms with Crippen LogP contribution in [0.5, 0.6) is 0 Å². The fourth-order valence-electron chi connectivity index (χ4n) is 0.563. The Morgan fingerprint density at radius 1 is 1.12 bits per heavy atom. The molecule has 0 fully saturated rings. The third kappa shape index (κ3) is 6.29. The highest BCUT2D eigenvalue weighted by molar-refractivity contribution is 6.20. The molecule has 0 heterocycles. The normalized spacial score (nSPS) is 14.6. The molecular weight excluding hydrogens is 120 g/mol. The lowest BCUT2D eigenvalue weighted by atomic mass is 10.1. The molecule has 0 nitrogen and oxygen atoms in total. The fraction of sp³-hybridized carbons (Fsp3) is 1.00. The number of hydrogen-bond acceptors (Lipinski definition) is 0. The van der Waals surface area contributed by atoms with Crippen molar-refractivity contribution >= 4 is 11.6 Å². The van der Waals surface area contributed by atoms with Crippen LogP contribution in [0.3, 0.4) is 0 Å². The van der Waals surface area contributed by atoms with E-state index in [-0.39, 0.29) is 0 Å². The van der Waals surface area contributed by atoms with Crippen molar-refractivity contribution < 1.29 is 0 Å². The van der Waals surface area contributed by atoms with Crippen LogP contribution in [-0.4, -0.2) is 5.38 Å². The maximum absolute atomic E-state index is 5.72. The first kappa shape index (κ1) is 8.29. The number of halogens is 1. The monoisotopic (exact) mass is 134 g/mol. The molecule has 0 N–H and O–H groups in total. The molecule has 8 heavy (non-hydrogen) atoms. The Morgan fingerprint density at radius 3 is 1.75 bits per heavy atom. The molecule has 0 rings (SSSR count). The summed E-state index contributed by atoms with van der Waals surface area (Å²) in [6.45, 7) is 6.49. The van der Waals surface area contributed by atoms with Gasteiger partial charge < -0.3 is 0 Å². The zero-order valence-electron chi connectivity index (χ0n) is 5.95. The molecule has 0 spiro atoms. The second-order valence-corrected chi connectivity index (χ2v) is 3.50. The third-order valence-corrected chi connectivity index (χ3v) is 1.36. The standard InChI is InChI=1S/C7H15Cl/c1-6(2)4-5-7(3)8/h6-7H,4-5H2,1-3H3. The van der Waals surface area contributed by atoms with Gasteiger partial charge in [0.2, 0.25) is 0 Å². The molecule has 50 valence electrons. The topological polar surface area (TPSA) is 0 Å². The van der Waals surface area contributed by atoms with Crippen LogP contribution in [-0.2, 0) is 0 Å². The van der Waals surface area contributed by atoms with Crippen molar-refractivity contribution in [2.45, 2.75) is 39.0 Å². The second-order valence-electron chi connectivity index (χ2n) is 2.75. The Kier molecular flexibility index (Phi) is 4.35. The van der Waals surface area contributed by atoms with Gasteiger partial charge in [-0.2, -0.15) is 0 Å². The first-order valence-electron chi connectivity index (χ1n) is 3.27. The summed E-state index contributed by atoms with van der Waals surface area (Å²) in [5, 5.41) is 0.359. The van der Waals surface area contributed by atoms with Gasteiger partial charge in [-0.05, 0) is 25.7 Å². The van der Waals surface area contributed by atoms with Crippen molar-refractivity contribution in [1.82, 2.24) is 0 Å². The van der Waals surface area contributed by atoms with Gasteiger partial charge in [0.05, 0.1) is 0 Å². The third-order valence-electron chi connectivity index (χ3n) is 1.14. The SMILES string of the molecule is CC(C)CCC(C)Cl. The Morgan fingerprint density at radius 2 is 1.62 bits per heavy atom. The molecule has 0 aliphatic carbocycles. The maximum atomic E-state index is 5.72. The predicted molar refractivity (Wildman–Crippen MR) is 39.4 cm³/mol. The van der Waals surface area contributed by atoms with Crippen LogP contribution in [0.4, 0.5) is 0 Å². The van der Waals surface area contributed by atoms with E-state index in [0.29, 0.717) is 5.38 Å². The number of hydrogen-bond donors (Lipinski definition) is 0. The van der Waals surface area contributed by atoms with Crippen molar-refractivity contribution in [2.75, 3.05) is 0 Å². The molecule has 0 aromatic heterocycles. The zero-order chi connectivity index (χ0) is 6.57. The molecule has 0 saturated carbocycles. The average Bonchev–Trinajstić information content (AvgIpc) is 1.61. The average molecular weight is 135 g/mol. The van der Waals surface area contributed by atoms with Gasteiger partial charge in [0, 0.05) is 5.38 Å². The van der Waals surface area contributed by atoms with Gasteiger partial charge in [0.25, 0.3) is 0 Å². The highest BCUT2D eigenvalue weighted by Crippen LogP contribution is 2.09. The summed E-state index contributed by atoms with van der Waals surface area (Å²) in [4.78, 5) is 0. The van der Waals surface area contributed by atoms with E-state index in [0.717, 1.165) is 12.3 Å². The molecule has 0 aliphatic heterocycles. The van der Waals surface area contributed by atoms with E-state index in [9.17, 15) is 0 Å². The first-order valence-corrected chi connectivity index (χ1v) is 3.70. The van der Waals surface area contributed by atoms with Crippen LogP contribution in [0.1, 0.15) is 33.6 Å². The van der Waals surface area contributed by atoms with Crippen molar-refractivity contribution in [1.29, 1.82) is 0 Å². The Hall–Kier alpha value is 0.290. The smallest absolute Gasteiger partial charge is 0.0307 e. The summed E-state index contributed by atoms with van der Waals surface area (Å²) in [5.74, 6) is 0.802. The number of rotatable bonds is 3. The van der Waals surface area contributed by atoms with E-state index in [1.54, 1.807) is 0 Å². The molecule has 0 saturated heterocycles. The molecular formula is C7H15Cl. The van der Waals surface area contributed by atoms with Crippen molar-refractivity contribution in [3.8, 4) is 0 Å². The molecule has 1 atom stereocenters. The van der Waals surface area contributed by atoms with Crippen LogP contribution < -0.4 is 0 Å². The van der Waals surface area contributed by atoms with Gasteiger partial charge in [0.1, 0.15) is 0 Å². The van der Waals surface area contributed by atoms with E-state index >= 15 is 0 Å². The predicted octanol–water partition coefficient (Wildman–Crippen LogP) is 3.05. The minimum absolute atomic E-state index is 0.359. The molecule has 0 aromatic carbocycles. The van der Waals surface area contributed by atoms with E-state index < -0.39 is 0 Å². The molecule has 0 amide bonds. The summed E-state index contributed by atoms with van der Waals surface area (Å²) in [5.41, 5.74) is 0. The van der Waals surface area contributed by atoms with E-state index in [2.05, 4.69) is 13.8 Å². The minimum Gasteiger partial charge on any atom is -0.123 e. The van der Waals surface area contributed by atoms with Gasteiger partial charge in [0.15, 0.2) is 0 Å². The molecule has 1 unspecified atom stereocenters. The Bertz CT molecular complexity index is 40.3. The summed E-state index contributed by atoms with van der Waals surface area (Å²) in [6, 6.07) is 0. The highest BCUT2D eigenvalue weighted by Gasteiger charge is 1.97. The lowest BCUT2D eigenvalue weighted by Gasteiger charge is -2.04. The maximum Gasteiger partial charge on any atom is 0.0307 e. The van der Waals surface area contributed by atoms with Crippen LogP contribution in [0.2, 0.25) is 0 Å². The summed E-state index contributed by atoms with van der Waals surface area (Å²) in [7, 11) is 0. The van der Waals surface area contributed by atoms with Gasteiger partial charge in [-0.15, -0.1) is 11.6 Å². The lowest BCUT2D eigenvalue weighted by Crippen LogP contribution is -1.94. The van der Waals surface area contributed by atoms with Crippen LogP contribution >= 0.6 is 11.6 Å².